The Kier molecular flexibility index (Phi) is 5.91. The van der Waals surface area contributed by atoms with Gasteiger partial charge >= 0.3 is 0 Å². The van der Waals surface area contributed by atoms with E-state index >= 15 is 0 Å². The molecular weight excluding hydrogens is 348 g/mol. The number of amides is 1. The smallest absolute Gasteiger partial charge is 0.253 e. The van der Waals surface area contributed by atoms with Gasteiger partial charge in [0.2, 0.25) is 0 Å². The molecule has 0 atom stereocenters. The van der Waals surface area contributed by atoms with E-state index in [-0.39, 0.29) is 5.91 Å². The van der Waals surface area contributed by atoms with Crippen molar-refractivity contribution in [2.45, 2.75) is 17.5 Å². The first kappa shape index (κ1) is 18.0. The van der Waals surface area contributed by atoms with Crippen LogP contribution in [0.15, 0.2) is 60.0 Å². The van der Waals surface area contributed by atoms with Gasteiger partial charge in [-0.05, 0) is 35.4 Å². The Bertz CT molecular complexity index is 833. The zero-order valence-electron chi connectivity index (χ0n) is 14.7. The minimum atomic E-state index is -0.00439. The van der Waals surface area contributed by atoms with Crippen LogP contribution in [-0.4, -0.2) is 40.1 Å². The number of aromatic nitrogens is 3. The molecule has 1 N–H and O–H groups in total. The van der Waals surface area contributed by atoms with Gasteiger partial charge in [-0.15, -0.1) is 0 Å². The Morgan fingerprint density at radius 3 is 2.42 bits per heavy atom. The van der Waals surface area contributed by atoms with Crippen LogP contribution in [0.3, 0.4) is 0 Å². The van der Waals surface area contributed by atoms with E-state index in [9.17, 15) is 4.79 Å². The van der Waals surface area contributed by atoms with Crippen molar-refractivity contribution in [3.05, 3.63) is 71.5 Å². The summed E-state index contributed by atoms with van der Waals surface area (Å²) < 4.78 is 5.15. The van der Waals surface area contributed by atoms with Gasteiger partial charge in [0.05, 0.1) is 7.11 Å². The minimum Gasteiger partial charge on any atom is -0.497 e. The first-order chi connectivity index (χ1) is 12.7. The van der Waals surface area contributed by atoms with Gasteiger partial charge in [0, 0.05) is 24.9 Å². The van der Waals surface area contributed by atoms with E-state index < -0.39 is 0 Å². The molecule has 1 heterocycles. The third-order valence-corrected chi connectivity index (χ3v) is 4.84. The van der Waals surface area contributed by atoms with E-state index in [2.05, 4.69) is 15.2 Å². The molecule has 0 bridgehead atoms. The van der Waals surface area contributed by atoms with Crippen LogP contribution in [0.1, 0.15) is 21.5 Å². The minimum absolute atomic E-state index is 0.00439. The van der Waals surface area contributed by atoms with E-state index in [1.54, 1.807) is 30.8 Å². The van der Waals surface area contributed by atoms with E-state index in [4.69, 9.17) is 4.74 Å². The molecule has 26 heavy (non-hydrogen) atoms. The van der Waals surface area contributed by atoms with Crippen LogP contribution in [0.5, 0.6) is 5.75 Å². The summed E-state index contributed by atoms with van der Waals surface area (Å²) in [5.74, 6) is 1.57. The fourth-order valence-corrected chi connectivity index (χ4v) is 3.19. The zero-order chi connectivity index (χ0) is 18.4. The summed E-state index contributed by atoms with van der Waals surface area (Å²) in [4.78, 5) is 18.4. The van der Waals surface area contributed by atoms with E-state index in [0.717, 1.165) is 27.8 Å². The van der Waals surface area contributed by atoms with E-state index in [0.29, 0.717) is 12.1 Å². The molecule has 0 fully saturated rings. The lowest BCUT2D eigenvalue weighted by molar-refractivity contribution is 0.0785. The van der Waals surface area contributed by atoms with Gasteiger partial charge in [0.1, 0.15) is 12.1 Å². The van der Waals surface area contributed by atoms with Gasteiger partial charge in [-0.25, -0.2) is 4.98 Å². The maximum Gasteiger partial charge on any atom is 0.253 e. The summed E-state index contributed by atoms with van der Waals surface area (Å²) in [7, 11) is 3.44. The Morgan fingerprint density at radius 1 is 1.12 bits per heavy atom. The van der Waals surface area contributed by atoms with Crippen molar-refractivity contribution in [1.29, 1.82) is 0 Å². The first-order valence-electron chi connectivity index (χ1n) is 8.11. The Morgan fingerprint density at radius 2 is 1.81 bits per heavy atom. The molecule has 0 aliphatic heterocycles. The predicted molar refractivity (Wildman–Crippen MR) is 101 cm³/mol. The second-order valence-corrected chi connectivity index (χ2v) is 6.75. The summed E-state index contributed by atoms with van der Waals surface area (Å²) in [6.07, 6.45) is 1.49. The molecule has 1 aromatic heterocycles. The maximum absolute atomic E-state index is 12.6. The summed E-state index contributed by atoms with van der Waals surface area (Å²) >= 11 is 1.57. The molecule has 2 aromatic carbocycles. The van der Waals surface area contributed by atoms with Gasteiger partial charge < -0.3 is 9.64 Å². The number of H-pyrrole nitrogens is 1. The fraction of sp³-hybridized carbons (Fsp3) is 0.211. The highest BCUT2D eigenvalue weighted by Crippen LogP contribution is 2.19. The molecule has 3 aromatic rings. The SMILES string of the molecule is COc1ccc(CN(C)C(=O)c2ccc(CSc3ncn[nH]3)cc2)cc1. The number of benzene rings is 2. The Labute approximate surface area is 156 Å². The van der Waals surface area contributed by atoms with Gasteiger partial charge in [0.15, 0.2) is 5.16 Å². The van der Waals surface area contributed by atoms with Crippen LogP contribution in [-0.2, 0) is 12.3 Å². The molecular formula is C19H20N4O2S. The third kappa shape index (κ3) is 4.64. The highest BCUT2D eigenvalue weighted by Gasteiger charge is 2.12. The lowest BCUT2D eigenvalue weighted by atomic mass is 10.1. The molecule has 1 amide bonds. The van der Waals surface area contributed by atoms with Crippen LogP contribution in [0.4, 0.5) is 0 Å². The number of carbonyl (C=O) groups excluding carboxylic acids is 1. The largest absolute Gasteiger partial charge is 0.497 e. The number of hydrogen-bond donors (Lipinski definition) is 1. The molecule has 134 valence electrons. The van der Waals surface area contributed by atoms with Gasteiger partial charge in [-0.2, -0.15) is 5.10 Å². The average Bonchev–Trinajstić information content (AvgIpc) is 3.20. The molecule has 7 heteroatoms. The second kappa shape index (κ2) is 8.53. The van der Waals surface area contributed by atoms with Crippen molar-refractivity contribution < 1.29 is 9.53 Å². The number of ether oxygens (including phenoxy) is 1. The topological polar surface area (TPSA) is 71.1 Å². The number of methoxy groups -OCH3 is 1. The lowest BCUT2D eigenvalue weighted by Crippen LogP contribution is -2.26. The molecule has 6 nitrogen and oxygen atoms in total. The molecule has 3 rings (SSSR count). The van der Waals surface area contributed by atoms with Crippen molar-refractivity contribution in [1.82, 2.24) is 20.1 Å². The van der Waals surface area contributed by atoms with Gasteiger partial charge in [0.25, 0.3) is 5.91 Å². The molecule has 0 saturated carbocycles. The highest BCUT2D eigenvalue weighted by molar-refractivity contribution is 7.98. The van der Waals surface area contributed by atoms with Crippen molar-refractivity contribution >= 4 is 17.7 Å². The van der Waals surface area contributed by atoms with Crippen LogP contribution in [0.2, 0.25) is 0 Å². The molecule has 0 spiro atoms. The summed E-state index contributed by atoms with van der Waals surface area (Å²) in [5.41, 5.74) is 2.86. The molecule has 0 unspecified atom stereocenters. The normalized spacial score (nSPS) is 10.5. The number of thioether (sulfide) groups is 1. The molecule has 0 radical (unpaired) electrons. The van der Waals surface area contributed by atoms with E-state index in [1.165, 1.54) is 6.33 Å². The third-order valence-electron chi connectivity index (χ3n) is 3.89. The van der Waals surface area contributed by atoms with Crippen LogP contribution in [0, 0.1) is 0 Å². The average molecular weight is 368 g/mol. The Hall–Kier alpha value is -2.80. The van der Waals surface area contributed by atoms with Crippen LogP contribution < -0.4 is 4.74 Å². The van der Waals surface area contributed by atoms with Gasteiger partial charge in [-0.1, -0.05) is 36.0 Å². The van der Waals surface area contributed by atoms with Gasteiger partial charge in [-0.3, -0.25) is 9.89 Å². The second-order valence-electron chi connectivity index (χ2n) is 5.79. The number of aromatic amines is 1. The number of hydrogen-bond acceptors (Lipinski definition) is 5. The molecule has 0 aliphatic carbocycles. The number of nitrogens with zero attached hydrogens (tertiary/aromatic N) is 3. The summed E-state index contributed by atoms with van der Waals surface area (Å²) in [6, 6.07) is 15.4. The van der Waals surface area contributed by atoms with Crippen molar-refractivity contribution in [3.63, 3.8) is 0 Å². The summed E-state index contributed by atoms with van der Waals surface area (Å²) in [5, 5.41) is 7.42. The monoisotopic (exact) mass is 368 g/mol. The molecule has 0 saturated heterocycles. The molecule has 0 aliphatic rings. The Balaban J connectivity index is 1.57. The van der Waals surface area contributed by atoms with Crippen molar-refractivity contribution in [2.24, 2.45) is 0 Å². The van der Waals surface area contributed by atoms with Crippen LogP contribution >= 0.6 is 11.8 Å². The van der Waals surface area contributed by atoms with Crippen molar-refractivity contribution in [3.8, 4) is 5.75 Å². The quantitative estimate of drug-likeness (QED) is 0.648. The standard InChI is InChI=1S/C19H20N4O2S/c1-23(11-14-5-9-17(25-2)10-6-14)18(24)16-7-3-15(4-8-16)12-26-19-20-13-21-22-19/h3-10,13H,11-12H2,1-2H3,(H,20,21,22). The van der Waals surface area contributed by atoms with Crippen molar-refractivity contribution in [2.75, 3.05) is 14.2 Å². The van der Waals surface area contributed by atoms with Crippen LogP contribution in [0.25, 0.3) is 0 Å². The number of rotatable bonds is 7. The lowest BCUT2D eigenvalue weighted by Gasteiger charge is -2.17. The zero-order valence-corrected chi connectivity index (χ0v) is 15.5. The number of nitrogens with one attached hydrogen (secondary N) is 1. The maximum atomic E-state index is 12.6. The first-order valence-corrected chi connectivity index (χ1v) is 9.10. The van der Waals surface area contributed by atoms with E-state index in [1.807, 2.05) is 48.5 Å². The fourth-order valence-electron chi connectivity index (χ4n) is 2.46. The summed E-state index contributed by atoms with van der Waals surface area (Å²) in [6.45, 7) is 0.548. The highest BCUT2D eigenvalue weighted by atomic mass is 32.2. The predicted octanol–water partition coefficient (Wildman–Crippen LogP) is 3.38. The number of carbonyl (C=O) groups is 1.